The Hall–Kier alpha value is 1.72. The van der Waals surface area contributed by atoms with E-state index in [2.05, 4.69) is 0 Å². The molecule has 0 unspecified atom stereocenters. The summed E-state index contributed by atoms with van der Waals surface area (Å²) in [6.07, 6.45) is 0. The van der Waals surface area contributed by atoms with E-state index in [1.165, 1.54) is 0 Å². The Labute approximate surface area is 67.5 Å². The molecule has 4 fully saturated rings. The van der Waals surface area contributed by atoms with E-state index in [1.807, 2.05) is 0 Å². The van der Waals surface area contributed by atoms with Gasteiger partial charge in [0.15, 0.2) is 0 Å². The van der Waals surface area contributed by atoms with Crippen LogP contribution in [-0.2, 0) is 0 Å². The maximum absolute atomic E-state index is 1.77. The lowest BCUT2D eigenvalue weighted by molar-refractivity contribution is 1.62. The van der Waals surface area contributed by atoms with Crippen molar-refractivity contribution >= 4 is 31.7 Å². The van der Waals surface area contributed by atoms with Crippen LogP contribution >= 0.6 is 31.7 Å². The van der Waals surface area contributed by atoms with Crippen LogP contribution < -0.4 is 0 Å². The smallest absolute Gasteiger partial charge is 0.0108 e. The van der Waals surface area contributed by atoms with E-state index in [9.17, 15) is 0 Å². The normalized spacial score (nSPS) is 57.6. The molecule has 4 saturated heterocycles. The van der Waals surface area contributed by atoms with Crippen LogP contribution in [-0.4, -0.2) is 35.4 Å². The molecule has 0 aromatic rings. The average molecular weight is 208 g/mol. The van der Waals surface area contributed by atoms with Gasteiger partial charge in [-0.05, 0) is 35.4 Å². The first-order valence-corrected chi connectivity index (χ1v) is 11.4. The van der Waals surface area contributed by atoms with Crippen molar-refractivity contribution in [3.8, 4) is 0 Å². The fraction of sp³-hybridized carbons (Fsp3) is 1.00. The molecule has 0 saturated carbocycles. The number of hydrogen-bond donors (Lipinski definition) is 0. The minimum atomic E-state index is 0.675. The zero-order valence-corrected chi connectivity index (χ0v) is 9.61. The predicted molar refractivity (Wildman–Crippen MR) is 56.9 cm³/mol. The van der Waals surface area contributed by atoms with E-state index < -0.39 is 0 Å². The van der Waals surface area contributed by atoms with Gasteiger partial charge in [-0.15, -0.1) is 0 Å². The van der Waals surface area contributed by atoms with Crippen LogP contribution in [0.15, 0.2) is 0 Å². The predicted octanol–water partition coefficient (Wildman–Crippen LogP) is 3.70. The summed E-state index contributed by atoms with van der Waals surface area (Å²) in [4.78, 5) is 0. The lowest BCUT2D eigenvalue weighted by atomic mass is 11.7. The first-order chi connectivity index (χ1) is 4.90. The first kappa shape index (κ1) is 7.15. The van der Waals surface area contributed by atoms with Crippen molar-refractivity contribution in [1.82, 2.24) is 0 Å². The van der Waals surface area contributed by atoms with Crippen LogP contribution in [0.4, 0.5) is 0 Å². The van der Waals surface area contributed by atoms with E-state index in [0.717, 1.165) is 0 Å². The maximum Gasteiger partial charge on any atom is -0.0108 e. The van der Waals surface area contributed by atoms with Gasteiger partial charge < -0.3 is 0 Å². The highest BCUT2D eigenvalue weighted by molar-refractivity contribution is 8.06. The molecular formula is C6H12P4. The molecule has 10 heavy (non-hydrogen) atoms. The molecule has 4 heteroatoms. The van der Waals surface area contributed by atoms with Crippen molar-refractivity contribution in [3.63, 3.8) is 0 Å². The zero-order valence-electron chi connectivity index (χ0n) is 6.03. The van der Waals surface area contributed by atoms with Crippen molar-refractivity contribution in [2.45, 2.75) is 0 Å². The van der Waals surface area contributed by atoms with E-state index in [0.29, 0.717) is 31.7 Å². The van der Waals surface area contributed by atoms with Gasteiger partial charge in [-0.2, -0.15) is 0 Å². The highest BCUT2D eigenvalue weighted by Gasteiger charge is 2.40. The first-order valence-electron chi connectivity index (χ1n) is 3.79. The Morgan fingerprint density at radius 3 is 0.800 bits per heavy atom. The van der Waals surface area contributed by atoms with E-state index in [-0.39, 0.29) is 0 Å². The summed E-state index contributed by atoms with van der Waals surface area (Å²) in [6.45, 7) is 0. The molecule has 4 aliphatic rings. The monoisotopic (exact) mass is 208 g/mol. The second-order valence-corrected chi connectivity index (χ2v) is 15.7. The summed E-state index contributed by atoms with van der Waals surface area (Å²) in [5.74, 6) is 10.6. The van der Waals surface area contributed by atoms with Gasteiger partial charge in [0.1, 0.15) is 0 Å². The van der Waals surface area contributed by atoms with Crippen LogP contribution in [0.1, 0.15) is 0 Å². The quantitative estimate of drug-likeness (QED) is 0.532. The van der Waals surface area contributed by atoms with Crippen molar-refractivity contribution < 1.29 is 0 Å². The highest BCUT2D eigenvalue weighted by atomic mass is 31.3. The summed E-state index contributed by atoms with van der Waals surface area (Å²) >= 11 is 0. The van der Waals surface area contributed by atoms with Gasteiger partial charge in [-0.3, -0.25) is 0 Å². The zero-order chi connectivity index (χ0) is 6.55. The van der Waals surface area contributed by atoms with Gasteiger partial charge in [-0.1, -0.05) is 31.7 Å². The third-order valence-electron chi connectivity index (χ3n) is 2.40. The van der Waals surface area contributed by atoms with E-state index in [1.54, 1.807) is 35.4 Å². The molecule has 0 atom stereocenters. The molecule has 0 N–H and O–H groups in total. The second-order valence-electron chi connectivity index (χ2n) is 3.53. The Balaban J connectivity index is 1.90. The summed E-state index contributed by atoms with van der Waals surface area (Å²) in [5, 5.41) is 0. The molecule has 56 valence electrons. The standard InChI is InChI=1S/C6H12P4/c1-7-2-9-4-8(1)5-10(3-7)6-9/h1-6H2. The van der Waals surface area contributed by atoms with Crippen LogP contribution in [0, 0.1) is 0 Å². The minimum Gasteiger partial charge on any atom is -0.0934 e. The van der Waals surface area contributed by atoms with Crippen LogP contribution in [0.5, 0.6) is 0 Å². The fourth-order valence-corrected chi connectivity index (χ4v) is 29.8. The summed E-state index contributed by atoms with van der Waals surface area (Å²) < 4.78 is 0. The lowest BCUT2D eigenvalue weighted by Crippen LogP contribution is -2.18. The molecule has 0 spiro atoms. The topological polar surface area (TPSA) is 0 Å². The van der Waals surface area contributed by atoms with Crippen molar-refractivity contribution in [3.05, 3.63) is 0 Å². The highest BCUT2D eigenvalue weighted by Crippen LogP contribution is 2.84. The molecule has 0 radical (unpaired) electrons. The average Bonchev–Trinajstić information content (AvgIpc) is 1.82. The SMILES string of the molecule is C1P2CP3CP1CP(C2)C3. The Kier molecular flexibility index (Phi) is 1.86. The Morgan fingerprint density at radius 2 is 0.600 bits per heavy atom. The molecule has 4 aliphatic heterocycles. The lowest BCUT2D eigenvalue weighted by Gasteiger charge is -2.50. The summed E-state index contributed by atoms with van der Waals surface area (Å²) in [5.41, 5.74) is 0. The van der Waals surface area contributed by atoms with Gasteiger partial charge in [0.2, 0.25) is 0 Å². The molecule has 4 bridgehead atoms. The van der Waals surface area contributed by atoms with Crippen LogP contribution in [0.2, 0.25) is 0 Å². The Morgan fingerprint density at radius 1 is 0.400 bits per heavy atom. The van der Waals surface area contributed by atoms with E-state index in [4.69, 9.17) is 0 Å². The van der Waals surface area contributed by atoms with Gasteiger partial charge in [0.05, 0.1) is 0 Å². The van der Waals surface area contributed by atoms with Crippen LogP contribution in [0.25, 0.3) is 0 Å². The van der Waals surface area contributed by atoms with Crippen molar-refractivity contribution in [2.75, 3.05) is 35.4 Å². The number of rotatable bonds is 0. The van der Waals surface area contributed by atoms with Crippen LogP contribution in [0.3, 0.4) is 0 Å². The minimum absolute atomic E-state index is 0.675. The molecule has 0 aliphatic carbocycles. The van der Waals surface area contributed by atoms with Gasteiger partial charge >= 0.3 is 0 Å². The Bertz CT molecular complexity index is 101. The largest absolute Gasteiger partial charge is 0.0934 e. The molecule has 4 heterocycles. The molecule has 4 rings (SSSR count). The third kappa shape index (κ3) is 1.12. The number of hydrogen-bond acceptors (Lipinski definition) is 0. The van der Waals surface area contributed by atoms with Crippen molar-refractivity contribution in [1.29, 1.82) is 0 Å². The summed E-state index contributed by atoms with van der Waals surface area (Å²) in [6, 6.07) is 0. The van der Waals surface area contributed by atoms with Crippen molar-refractivity contribution in [2.24, 2.45) is 0 Å². The summed E-state index contributed by atoms with van der Waals surface area (Å²) in [7, 11) is 2.70. The molecule has 0 aromatic carbocycles. The van der Waals surface area contributed by atoms with Gasteiger partial charge in [-0.25, -0.2) is 0 Å². The molecule has 0 nitrogen and oxygen atoms in total. The molecule has 0 amide bonds. The second kappa shape index (κ2) is 2.60. The van der Waals surface area contributed by atoms with E-state index >= 15 is 0 Å². The molecular weight excluding hydrogens is 196 g/mol. The fourth-order valence-electron chi connectivity index (χ4n) is 2.23. The molecule has 0 aromatic heterocycles. The maximum atomic E-state index is 1.77. The van der Waals surface area contributed by atoms with Gasteiger partial charge in [0.25, 0.3) is 0 Å². The third-order valence-corrected chi connectivity index (χ3v) is 21.6. The van der Waals surface area contributed by atoms with Gasteiger partial charge in [0, 0.05) is 0 Å².